The second-order valence-corrected chi connectivity index (χ2v) is 6.68. The number of aliphatic hydroxyl groups is 1. The average molecular weight is 374 g/mol. The normalized spacial score (nSPS) is 19.9. The molecule has 2 atom stereocenters. The number of benzene rings is 1. The Balaban J connectivity index is 1.71. The van der Waals surface area contributed by atoms with Crippen molar-refractivity contribution in [1.29, 1.82) is 0 Å². The van der Waals surface area contributed by atoms with Gasteiger partial charge in [0.1, 0.15) is 12.2 Å². The number of nitrogens with one attached hydrogen (secondary N) is 1. The van der Waals surface area contributed by atoms with Crippen LogP contribution in [0, 0.1) is 6.92 Å². The number of methoxy groups -OCH3 is 1. The van der Waals surface area contributed by atoms with Gasteiger partial charge < -0.3 is 24.5 Å². The Bertz CT molecular complexity index is 922. The van der Waals surface area contributed by atoms with Crippen molar-refractivity contribution in [1.82, 2.24) is 10.2 Å². The lowest BCUT2D eigenvalue weighted by molar-refractivity contribution is -0.138. The van der Waals surface area contributed by atoms with Crippen LogP contribution in [0.5, 0.6) is 0 Å². The number of amides is 2. The summed E-state index contributed by atoms with van der Waals surface area (Å²) in [5.41, 5.74) is 0.946. The minimum Gasteiger partial charge on any atom is -0.451 e. The molecule has 0 aliphatic carbocycles. The molecule has 8 nitrogen and oxygen atoms in total. The molecule has 1 aromatic carbocycles. The van der Waals surface area contributed by atoms with E-state index in [0.29, 0.717) is 23.9 Å². The molecular weight excluding hydrogens is 352 g/mol. The summed E-state index contributed by atoms with van der Waals surface area (Å²) in [5.74, 6) is -0.892. The standard InChI is InChI=1S/C19H22N2O6/c1-11-3-4-12-14(22)8-17(27-16(12)7-11)19(25)20-13-5-6-21(9-15(13)23)18(24)10-26-2/h3-4,7-8,13,15,23H,5-6,9-10H2,1-2H3,(H,20,25)/t13-,15-/m1/s1. The van der Waals surface area contributed by atoms with Crippen LogP contribution in [-0.2, 0) is 9.53 Å². The van der Waals surface area contributed by atoms with E-state index in [1.165, 1.54) is 12.0 Å². The summed E-state index contributed by atoms with van der Waals surface area (Å²) in [4.78, 5) is 38.0. The molecule has 0 radical (unpaired) electrons. The van der Waals surface area contributed by atoms with Crippen molar-refractivity contribution < 1.29 is 23.8 Å². The molecule has 3 rings (SSSR count). The number of aryl methyl sites for hydroxylation is 1. The molecular formula is C19H22N2O6. The molecule has 0 spiro atoms. The molecule has 144 valence electrons. The van der Waals surface area contributed by atoms with Crippen molar-refractivity contribution in [2.75, 3.05) is 26.8 Å². The Morgan fingerprint density at radius 1 is 1.37 bits per heavy atom. The summed E-state index contributed by atoms with van der Waals surface area (Å²) in [6.07, 6.45) is -0.530. The first kappa shape index (κ1) is 19.1. The van der Waals surface area contributed by atoms with Gasteiger partial charge in [-0.3, -0.25) is 14.4 Å². The lowest BCUT2D eigenvalue weighted by atomic mass is 10.0. The van der Waals surface area contributed by atoms with E-state index in [1.54, 1.807) is 18.2 Å². The maximum absolute atomic E-state index is 12.5. The van der Waals surface area contributed by atoms with Gasteiger partial charge in [0.05, 0.1) is 17.5 Å². The monoisotopic (exact) mass is 374 g/mol. The van der Waals surface area contributed by atoms with E-state index in [-0.39, 0.29) is 30.2 Å². The maximum atomic E-state index is 12.5. The topological polar surface area (TPSA) is 109 Å². The second kappa shape index (κ2) is 7.89. The number of carbonyl (C=O) groups excluding carboxylic acids is 2. The fraction of sp³-hybridized carbons (Fsp3) is 0.421. The molecule has 2 amide bonds. The Labute approximate surface area is 155 Å². The Morgan fingerprint density at radius 3 is 2.85 bits per heavy atom. The Hall–Kier alpha value is -2.71. The van der Waals surface area contributed by atoms with E-state index in [1.807, 2.05) is 6.92 Å². The molecule has 1 saturated heterocycles. The van der Waals surface area contributed by atoms with Crippen molar-refractivity contribution in [3.63, 3.8) is 0 Å². The molecule has 1 aromatic heterocycles. The first-order valence-corrected chi connectivity index (χ1v) is 8.69. The van der Waals surface area contributed by atoms with Crippen LogP contribution in [0.2, 0.25) is 0 Å². The maximum Gasteiger partial charge on any atom is 0.287 e. The van der Waals surface area contributed by atoms with E-state index < -0.39 is 18.1 Å². The number of rotatable bonds is 4. The summed E-state index contributed by atoms with van der Waals surface area (Å²) < 4.78 is 10.4. The number of β-amino-alcohol motifs (C(OH)–C–C–N with tert-alkyl or cyclic N) is 1. The molecule has 0 bridgehead atoms. The molecule has 2 heterocycles. The van der Waals surface area contributed by atoms with E-state index in [9.17, 15) is 19.5 Å². The minimum absolute atomic E-state index is 0.0502. The van der Waals surface area contributed by atoms with Gasteiger partial charge in [-0.1, -0.05) is 6.07 Å². The molecule has 2 N–H and O–H groups in total. The number of hydrogen-bond donors (Lipinski definition) is 2. The fourth-order valence-electron chi connectivity index (χ4n) is 3.15. The van der Waals surface area contributed by atoms with Gasteiger partial charge >= 0.3 is 0 Å². The highest BCUT2D eigenvalue weighted by atomic mass is 16.5. The van der Waals surface area contributed by atoms with Crippen LogP contribution in [0.3, 0.4) is 0 Å². The Morgan fingerprint density at radius 2 is 2.15 bits per heavy atom. The lowest BCUT2D eigenvalue weighted by Gasteiger charge is -2.36. The first-order valence-electron chi connectivity index (χ1n) is 8.69. The highest BCUT2D eigenvalue weighted by molar-refractivity contribution is 5.93. The number of piperidine rings is 1. The van der Waals surface area contributed by atoms with Gasteiger partial charge in [0.2, 0.25) is 5.91 Å². The number of carbonyl (C=O) groups is 2. The van der Waals surface area contributed by atoms with Crippen molar-refractivity contribution >= 4 is 22.8 Å². The Kier molecular flexibility index (Phi) is 5.57. The third-order valence-electron chi connectivity index (χ3n) is 4.63. The van der Waals surface area contributed by atoms with Gasteiger partial charge in [0.25, 0.3) is 5.91 Å². The van der Waals surface area contributed by atoms with Crippen LogP contribution < -0.4 is 10.7 Å². The molecule has 27 heavy (non-hydrogen) atoms. The van der Waals surface area contributed by atoms with E-state index in [0.717, 1.165) is 11.6 Å². The summed E-state index contributed by atoms with van der Waals surface area (Å²) >= 11 is 0. The number of nitrogens with zero attached hydrogens (tertiary/aromatic N) is 1. The minimum atomic E-state index is -0.919. The van der Waals surface area contributed by atoms with Crippen molar-refractivity contribution in [2.24, 2.45) is 0 Å². The van der Waals surface area contributed by atoms with Gasteiger partial charge in [-0.15, -0.1) is 0 Å². The number of likely N-dealkylation sites (tertiary alicyclic amines) is 1. The van der Waals surface area contributed by atoms with Crippen LogP contribution in [-0.4, -0.2) is 60.8 Å². The summed E-state index contributed by atoms with van der Waals surface area (Å²) in [6.45, 7) is 2.31. The van der Waals surface area contributed by atoms with Crippen LogP contribution in [0.4, 0.5) is 0 Å². The van der Waals surface area contributed by atoms with E-state index in [4.69, 9.17) is 9.15 Å². The third kappa shape index (κ3) is 4.17. The number of ether oxygens (including phenoxy) is 1. The molecule has 0 unspecified atom stereocenters. The van der Waals surface area contributed by atoms with Gasteiger partial charge in [0.15, 0.2) is 11.2 Å². The van der Waals surface area contributed by atoms with Gasteiger partial charge in [-0.2, -0.15) is 0 Å². The van der Waals surface area contributed by atoms with Gasteiger partial charge in [0, 0.05) is 26.3 Å². The highest BCUT2D eigenvalue weighted by Gasteiger charge is 2.31. The lowest BCUT2D eigenvalue weighted by Crippen LogP contribution is -2.55. The second-order valence-electron chi connectivity index (χ2n) is 6.68. The molecule has 0 saturated carbocycles. The largest absolute Gasteiger partial charge is 0.451 e. The zero-order chi connectivity index (χ0) is 19.6. The van der Waals surface area contributed by atoms with Crippen molar-refractivity contribution in [3.8, 4) is 0 Å². The van der Waals surface area contributed by atoms with Gasteiger partial charge in [-0.05, 0) is 31.0 Å². The average Bonchev–Trinajstić information content (AvgIpc) is 2.63. The summed E-state index contributed by atoms with van der Waals surface area (Å²) in [7, 11) is 1.43. The molecule has 1 aliphatic heterocycles. The highest BCUT2D eigenvalue weighted by Crippen LogP contribution is 2.16. The fourth-order valence-corrected chi connectivity index (χ4v) is 3.15. The number of aliphatic hydroxyl groups excluding tert-OH is 1. The number of hydrogen-bond acceptors (Lipinski definition) is 6. The van der Waals surface area contributed by atoms with Crippen LogP contribution in [0.15, 0.2) is 33.5 Å². The first-order chi connectivity index (χ1) is 12.9. The van der Waals surface area contributed by atoms with Crippen molar-refractivity contribution in [3.05, 3.63) is 45.8 Å². The van der Waals surface area contributed by atoms with Crippen LogP contribution in [0.1, 0.15) is 22.5 Å². The van der Waals surface area contributed by atoms with E-state index >= 15 is 0 Å². The summed E-state index contributed by atoms with van der Waals surface area (Å²) in [6, 6.07) is 5.77. The van der Waals surface area contributed by atoms with E-state index in [2.05, 4.69) is 5.32 Å². The number of fused-ring (bicyclic) bond motifs is 1. The van der Waals surface area contributed by atoms with Crippen molar-refractivity contribution in [2.45, 2.75) is 25.5 Å². The predicted octanol–water partition coefficient (Wildman–Crippen LogP) is 0.439. The van der Waals surface area contributed by atoms with Crippen LogP contribution >= 0.6 is 0 Å². The SMILES string of the molecule is COCC(=O)N1CC[C@@H](NC(=O)c2cc(=O)c3ccc(C)cc3o2)[C@H](O)C1. The third-order valence-corrected chi connectivity index (χ3v) is 4.63. The predicted molar refractivity (Wildman–Crippen MR) is 97.6 cm³/mol. The van der Waals surface area contributed by atoms with Gasteiger partial charge in [-0.25, -0.2) is 0 Å². The zero-order valence-corrected chi connectivity index (χ0v) is 15.2. The van der Waals surface area contributed by atoms with Crippen LogP contribution in [0.25, 0.3) is 11.0 Å². The smallest absolute Gasteiger partial charge is 0.287 e. The summed E-state index contributed by atoms with van der Waals surface area (Å²) in [5, 5.41) is 13.4. The molecule has 2 aromatic rings. The molecule has 1 fully saturated rings. The molecule has 1 aliphatic rings. The molecule has 8 heteroatoms. The quantitative estimate of drug-likeness (QED) is 0.804. The zero-order valence-electron chi connectivity index (χ0n) is 15.2.